The first-order valence-corrected chi connectivity index (χ1v) is 8.82. The Morgan fingerprint density at radius 1 is 1.31 bits per heavy atom. The number of hydrogen-bond acceptors (Lipinski definition) is 6. The van der Waals surface area contributed by atoms with E-state index in [4.69, 9.17) is 10.5 Å². The zero-order valence-corrected chi connectivity index (χ0v) is 14.1. The maximum absolute atomic E-state index is 14.2. The van der Waals surface area contributed by atoms with Crippen molar-refractivity contribution in [1.82, 2.24) is 15.3 Å². The van der Waals surface area contributed by atoms with E-state index < -0.39 is 36.1 Å². The lowest BCUT2D eigenvalue weighted by Gasteiger charge is -2.17. The summed E-state index contributed by atoms with van der Waals surface area (Å²) in [6.07, 6.45) is 4.55. The molecule has 140 valence electrons. The monoisotopic (exact) mass is 366 g/mol. The van der Waals surface area contributed by atoms with E-state index in [-0.39, 0.29) is 17.5 Å². The fourth-order valence-electron chi connectivity index (χ4n) is 3.09. The number of hydrogen-bond donors (Lipinski definition) is 2. The van der Waals surface area contributed by atoms with Crippen LogP contribution in [0.3, 0.4) is 0 Å². The Hall–Kier alpha value is -2.16. The minimum absolute atomic E-state index is 0.192. The van der Waals surface area contributed by atoms with Crippen LogP contribution in [0.15, 0.2) is 6.20 Å². The number of carbonyl (C=O) groups is 2. The minimum Gasteiger partial charge on any atom is -0.476 e. The second-order valence-electron chi connectivity index (χ2n) is 7.36. The maximum atomic E-state index is 14.2. The van der Waals surface area contributed by atoms with Crippen molar-refractivity contribution in [2.24, 2.45) is 11.7 Å². The van der Waals surface area contributed by atoms with Crippen LogP contribution >= 0.6 is 0 Å². The quantitative estimate of drug-likeness (QED) is 0.702. The highest BCUT2D eigenvalue weighted by Gasteiger charge is 2.54. The number of primary amides is 1. The SMILES string of the molecule is NC(=O)C1CC(F)(F)C(C(=O)c2cnc(C3CC3)c(OCC3CC3)n2)N1. The number of carbonyl (C=O) groups excluding carboxylic acids is 2. The molecule has 3 aliphatic rings. The number of ketones is 1. The van der Waals surface area contributed by atoms with Gasteiger partial charge in [-0.3, -0.25) is 19.9 Å². The average molecular weight is 366 g/mol. The number of nitrogens with one attached hydrogen (secondary N) is 1. The molecule has 3 N–H and O–H groups in total. The molecule has 1 saturated heterocycles. The Kier molecular flexibility index (Phi) is 4.13. The molecule has 0 bridgehead atoms. The summed E-state index contributed by atoms with van der Waals surface area (Å²) in [4.78, 5) is 32.2. The Bertz CT molecular complexity index is 750. The lowest BCUT2D eigenvalue weighted by Crippen LogP contribution is -2.46. The van der Waals surface area contributed by atoms with E-state index in [0.717, 1.165) is 25.7 Å². The number of amides is 1. The van der Waals surface area contributed by atoms with Gasteiger partial charge in [-0.25, -0.2) is 13.8 Å². The summed E-state index contributed by atoms with van der Waals surface area (Å²) in [6, 6.07) is -3.10. The summed E-state index contributed by atoms with van der Waals surface area (Å²) in [5, 5.41) is 2.33. The zero-order chi connectivity index (χ0) is 18.5. The number of halogens is 2. The largest absolute Gasteiger partial charge is 0.476 e. The Balaban J connectivity index is 1.57. The van der Waals surface area contributed by atoms with Crippen molar-refractivity contribution in [2.75, 3.05) is 6.61 Å². The van der Waals surface area contributed by atoms with Gasteiger partial charge in [0.1, 0.15) is 17.4 Å². The molecule has 9 heteroatoms. The van der Waals surface area contributed by atoms with Gasteiger partial charge in [0.2, 0.25) is 17.6 Å². The molecule has 2 aliphatic carbocycles. The van der Waals surface area contributed by atoms with Gasteiger partial charge in [0, 0.05) is 12.3 Å². The molecule has 1 amide bonds. The summed E-state index contributed by atoms with van der Waals surface area (Å²) >= 11 is 0. The molecule has 26 heavy (non-hydrogen) atoms. The predicted octanol–water partition coefficient (Wildman–Crippen LogP) is 1.18. The molecule has 2 heterocycles. The van der Waals surface area contributed by atoms with Gasteiger partial charge in [-0.2, -0.15) is 0 Å². The Morgan fingerprint density at radius 3 is 2.62 bits per heavy atom. The normalized spacial score (nSPS) is 27.3. The number of ether oxygens (including phenoxy) is 1. The molecule has 1 aromatic heterocycles. The first kappa shape index (κ1) is 17.3. The van der Waals surface area contributed by atoms with Gasteiger partial charge in [0.25, 0.3) is 5.92 Å². The highest BCUT2D eigenvalue weighted by Crippen LogP contribution is 2.43. The lowest BCUT2D eigenvalue weighted by molar-refractivity contribution is -0.120. The molecule has 1 aliphatic heterocycles. The van der Waals surface area contributed by atoms with Gasteiger partial charge >= 0.3 is 0 Å². The molecule has 0 aromatic carbocycles. The first-order valence-electron chi connectivity index (χ1n) is 8.82. The van der Waals surface area contributed by atoms with E-state index in [1.165, 1.54) is 6.20 Å². The van der Waals surface area contributed by atoms with E-state index in [0.29, 0.717) is 18.2 Å². The number of rotatable bonds is 7. The molecule has 2 saturated carbocycles. The van der Waals surface area contributed by atoms with Crippen molar-refractivity contribution in [3.05, 3.63) is 17.6 Å². The van der Waals surface area contributed by atoms with Crippen molar-refractivity contribution in [3.8, 4) is 5.88 Å². The second kappa shape index (κ2) is 6.22. The predicted molar refractivity (Wildman–Crippen MR) is 86.0 cm³/mol. The number of alkyl halides is 2. The van der Waals surface area contributed by atoms with Crippen LogP contribution in [-0.4, -0.2) is 46.3 Å². The van der Waals surface area contributed by atoms with Gasteiger partial charge in [0.05, 0.1) is 18.8 Å². The van der Waals surface area contributed by atoms with Crippen LogP contribution in [0.4, 0.5) is 8.78 Å². The van der Waals surface area contributed by atoms with Crippen LogP contribution in [0.5, 0.6) is 5.88 Å². The summed E-state index contributed by atoms with van der Waals surface area (Å²) in [5.41, 5.74) is 5.58. The maximum Gasteiger partial charge on any atom is 0.272 e. The highest BCUT2D eigenvalue weighted by atomic mass is 19.3. The molecule has 0 spiro atoms. The smallest absolute Gasteiger partial charge is 0.272 e. The van der Waals surface area contributed by atoms with E-state index >= 15 is 0 Å². The van der Waals surface area contributed by atoms with Crippen molar-refractivity contribution in [3.63, 3.8) is 0 Å². The Labute approximate surface area is 148 Å². The summed E-state index contributed by atoms with van der Waals surface area (Å²) in [7, 11) is 0. The molecule has 2 atom stereocenters. The van der Waals surface area contributed by atoms with Crippen LogP contribution in [0.25, 0.3) is 0 Å². The van der Waals surface area contributed by atoms with E-state index in [9.17, 15) is 18.4 Å². The average Bonchev–Trinajstić information content (AvgIpc) is 3.50. The molecular formula is C17H20F2N4O3. The Morgan fingerprint density at radius 2 is 2.04 bits per heavy atom. The third-order valence-corrected chi connectivity index (χ3v) is 5.01. The lowest BCUT2D eigenvalue weighted by atomic mass is 10.0. The standard InChI is InChI=1S/C17H20F2N4O3/c18-17(19)5-10(15(20)25)22-14(17)13(24)11-6-21-12(9-3-4-9)16(23-11)26-7-8-1-2-8/h6,8-10,14,22H,1-5,7H2,(H2,20,25). The topological polar surface area (TPSA) is 107 Å². The van der Waals surface area contributed by atoms with Crippen molar-refractivity contribution in [1.29, 1.82) is 0 Å². The first-order chi connectivity index (χ1) is 12.3. The van der Waals surface area contributed by atoms with Gasteiger partial charge in [-0.15, -0.1) is 0 Å². The van der Waals surface area contributed by atoms with Crippen molar-refractivity contribution < 1.29 is 23.1 Å². The van der Waals surface area contributed by atoms with Gasteiger partial charge in [0.15, 0.2) is 0 Å². The third kappa shape index (κ3) is 3.40. The minimum atomic E-state index is -3.39. The fourth-order valence-corrected chi connectivity index (χ4v) is 3.09. The molecule has 0 radical (unpaired) electrons. The van der Waals surface area contributed by atoms with Crippen molar-refractivity contribution >= 4 is 11.7 Å². The summed E-state index contributed by atoms with van der Waals surface area (Å²) in [6.45, 7) is 0.494. The molecule has 1 aromatic rings. The molecule has 7 nitrogen and oxygen atoms in total. The van der Waals surface area contributed by atoms with Crippen LogP contribution in [-0.2, 0) is 4.79 Å². The molecular weight excluding hydrogens is 346 g/mol. The molecule has 2 unspecified atom stereocenters. The van der Waals surface area contributed by atoms with Crippen LogP contribution in [0.1, 0.15) is 54.2 Å². The summed E-state index contributed by atoms with van der Waals surface area (Å²) in [5.74, 6) is -4.21. The fraction of sp³-hybridized carbons (Fsp3) is 0.647. The van der Waals surface area contributed by atoms with Crippen LogP contribution in [0.2, 0.25) is 0 Å². The third-order valence-electron chi connectivity index (χ3n) is 5.01. The van der Waals surface area contributed by atoms with Crippen LogP contribution < -0.4 is 15.8 Å². The van der Waals surface area contributed by atoms with E-state index in [1.54, 1.807) is 0 Å². The van der Waals surface area contributed by atoms with Gasteiger partial charge < -0.3 is 10.5 Å². The van der Waals surface area contributed by atoms with E-state index in [1.807, 2.05) is 0 Å². The van der Waals surface area contributed by atoms with Gasteiger partial charge in [-0.05, 0) is 31.6 Å². The number of Topliss-reactive ketones (excluding diaryl/α,β-unsaturated/α-hetero) is 1. The number of nitrogens with zero attached hydrogens (tertiary/aromatic N) is 2. The number of aromatic nitrogens is 2. The second-order valence-corrected chi connectivity index (χ2v) is 7.36. The van der Waals surface area contributed by atoms with Crippen molar-refractivity contribution in [2.45, 2.75) is 56.0 Å². The molecule has 4 rings (SSSR count). The number of nitrogens with two attached hydrogens (primary N) is 1. The van der Waals surface area contributed by atoms with Gasteiger partial charge in [-0.1, -0.05) is 0 Å². The zero-order valence-electron chi connectivity index (χ0n) is 14.1. The summed E-state index contributed by atoms with van der Waals surface area (Å²) < 4.78 is 34.0. The van der Waals surface area contributed by atoms with Crippen LogP contribution in [0, 0.1) is 5.92 Å². The van der Waals surface area contributed by atoms with E-state index in [2.05, 4.69) is 15.3 Å². The molecule has 3 fully saturated rings. The highest BCUT2D eigenvalue weighted by molar-refractivity contribution is 6.00.